The molecule has 124 valence electrons. The maximum absolute atomic E-state index is 12.1. The first kappa shape index (κ1) is 15.7. The van der Waals surface area contributed by atoms with Gasteiger partial charge in [-0.05, 0) is 12.1 Å². The molecule has 0 fully saturated rings. The number of anilines is 1. The van der Waals surface area contributed by atoms with Gasteiger partial charge < -0.3 is 10.1 Å². The van der Waals surface area contributed by atoms with Crippen molar-refractivity contribution >= 4 is 22.5 Å². The number of rotatable bonds is 4. The topological polar surface area (TPSA) is 92.8 Å². The van der Waals surface area contributed by atoms with E-state index in [1.165, 1.54) is 6.07 Å². The number of amides is 1. The van der Waals surface area contributed by atoms with Gasteiger partial charge in [0.2, 0.25) is 5.88 Å². The molecule has 0 aliphatic rings. The maximum Gasteiger partial charge on any atom is 0.422 e. The Morgan fingerprint density at radius 3 is 2.75 bits per heavy atom. The predicted octanol–water partition coefficient (Wildman–Crippen LogP) is 2.55. The molecule has 0 spiro atoms. The van der Waals surface area contributed by atoms with Gasteiger partial charge in [0.05, 0.1) is 17.4 Å². The Bertz CT molecular complexity index is 861. The molecule has 0 saturated carbocycles. The number of aromatic amines is 1. The quantitative estimate of drug-likeness (QED) is 0.763. The molecule has 0 aliphatic heterocycles. The molecule has 24 heavy (non-hydrogen) atoms. The largest absolute Gasteiger partial charge is 0.467 e. The summed E-state index contributed by atoms with van der Waals surface area (Å²) in [6.07, 6.45) is -2.86. The lowest BCUT2D eigenvalue weighted by Crippen LogP contribution is -2.20. The van der Waals surface area contributed by atoms with Gasteiger partial charge >= 0.3 is 6.18 Å². The minimum absolute atomic E-state index is 0.0640. The summed E-state index contributed by atoms with van der Waals surface area (Å²) < 4.78 is 40.6. The number of carbonyl (C=O) groups is 1. The smallest absolute Gasteiger partial charge is 0.422 e. The number of nitrogens with one attached hydrogen (secondary N) is 2. The molecule has 2 heterocycles. The number of alkyl halides is 3. The van der Waals surface area contributed by atoms with Crippen molar-refractivity contribution in [2.75, 3.05) is 11.9 Å². The molecule has 3 rings (SSSR count). The molecule has 0 radical (unpaired) electrons. The van der Waals surface area contributed by atoms with Crippen molar-refractivity contribution in [1.29, 1.82) is 0 Å². The Balaban J connectivity index is 1.70. The zero-order valence-electron chi connectivity index (χ0n) is 12.0. The molecule has 10 heteroatoms. The maximum atomic E-state index is 12.1. The Kier molecular flexibility index (Phi) is 4.02. The van der Waals surface area contributed by atoms with Crippen molar-refractivity contribution in [3.63, 3.8) is 0 Å². The zero-order chi connectivity index (χ0) is 17.2. The normalized spacial score (nSPS) is 11.5. The van der Waals surface area contributed by atoms with E-state index >= 15 is 0 Å². The van der Waals surface area contributed by atoms with Crippen molar-refractivity contribution in [3.8, 4) is 5.88 Å². The van der Waals surface area contributed by atoms with E-state index in [2.05, 4.69) is 30.4 Å². The van der Waals surface area contributed by atoms with E-state index in [9.17, 15) is 18.0 Å². The van der Waals surface area contributed by atoms with Crippen LogP contribution in [0.1, 0.15) is 10.5 Å². The van der Waals surface area contributed by atoms with Crippen molar-refractivity contribution < 1.29 is 22.7 Å². The lowest BCUT2D eigenvalue weighted by molar-refractivity contribution is -0.154. The minimum Gasteiger partial charge on any atom is -0.467 e. The van der Waals surface area contributed by atoms with E-state index in [1.807, 2.05) is 6.07 Å². The van der Waals surface area contributed by atoms with Crippen molar-refractivity contribution in [3.05, 3.63) is 42.2 Å². The second-order valence-corrected chi connectivity index (χ2v) is 4.75. The van der Waals surface area contributed by atoms with Crippen LogP contribution < -0.4 is 10.1 Å². The summed E-state index contributed by atoms with van der Waals surface area (Å²) in [5.41, 5.74) is 1.07. The van der Waals surface area contributed by atoms with Gasteiger partial charge in [0.15, 0.2) is 12.3 Å². The van der Waals surface area contributed by atoms with E-state index in [1.54, 1.807) is 18.3 Å². The third-order valence-corrected chi connectivity index (χ3v) is 2.98. The van der Waals surface area contributed by atoms with Crippen LogP contribution in [0.2, 0.25) is 0 Å². The summed E-state index contributed by atoms with van der Waals surface area (Å²) in [4.78, 5) is 12.1. The molecule has 2 N–H and O–H groups in total. The third kappa shape index (κ3) is 3.59. The molecular formula is C14H10F3N5O2. The molecule has 0 aliphatic carbocycles. The molecule has 0 saturated heterocycles. The molecule has 0 unspecified atom stereocenters. The van der Waals surface area contributed by atoms with Gasteiger partial charge in [-0.1, -0.05) is 12.1 Å². The van der Waals surface area contributed by atoms with Gasteiger partial charge in [-0.3, -0.25) is 9.89 Å². The predicted molar refractivity (Wildman–Crippen MR) is 77.6 cm³/mol. The van der Waals surface area contributed by atoms with Crippen LogP contribution in [0.15, 0.2) is 36.5 Å². The van der Waals surface area contributed by atoms with Crippen LogP contribution in [0.4, 0.5) is 18.9 Å². The second kappa shape index (κ2) is 6.14. The SMILES string of the molecule is O=C(Nc1cccc2cn[nH]c12)c1ccc(OCC(F)(F)F)nn1. The highest BCUT2D eigenvalue weighted by molar-refractivity contribution is 6.07. The number of halogens is 3. The number of H-pyrrole nitrogens is 1. The van der Waals surface area contributed by atoms with Gasteiger partial charge in [0.25, 0.3) is 5.91 Å². The number of hydrogen-bond donors (Lipinski definition) is 2. The molecule has 0 bridgehead atoms. The molecule has 7 nitrogen and oxygen atoms in total. The number of nitrogens with zero attached hydrogens (tertiary/aromatic N) is 3. The van der Waals surface area contributed by atoms with E-state index in [0.29, 0.717) is 11.2 Å². The zero-order valence-corrected chi connectivity index (χ0v) is 12.0. The molecule has 0 atom stereocenters. The summed E-state index contributed by atoms with van der Waals surface area (Å²) >= 11 is 0. The van der Waals surface area contributed by atoms with Gasteiger partial charge in [-0.25, -0.2) is 0 Å². The Morgan fingerprint density at radius 1 is 1.21 bits per heavy atom. The third-order valence-electron chi connectivity index (χ3n) is 2.98. The highest BCUT2D eigenvalue weighted by Crippen LogP contribution is 2.21. The van der Waals surface area contributed by atoms with Gasteiger partial charge in [-0.2, -0.15) is 18.3 Å². The fraction of sp³-hybridized carbons (Fsp3) is 0.143. The molecule has 1 aromatic carbocycles. The molecule has 3 aromatic rings. The first-order valence-corrected chi connectivity index (χ1v) is 6.69. The lowest BCUT2D eigenvalue weighted by Gasteiger charge is -2.08. The Morgan fingerprint density at radius 2 is 2.04 bits per heavy atom. The van der Waals surface area contributed by atoms with Crippen LogP contribution >= 0.6 is 0 Å². The monoisotopic (exact) mass is 337 g/mol. The van der Waals surface area contributed by atoms with E-state index in [4.69, 9.17) is 0 Å². The minimum atomic E-state index is -4.47. The van der Waals surface area contributed by atoms with Crippen LogP contribution in [-0.2, 0) is 0 Å². The number of benzene rings is 1. The van der Waals surface area contributed by atoms with Crippen LogP contribution in [0.5, 0.6) is 5.88 Å². The van der Waals surface area contributed by atoms with Crippen molar-refractivity contribution in [2.24, 2.45) is 0 Å². The van der Waals surface area contributed by atoms with Crippen LogP contribution in [-0.4, -0.2) is 39.1 Å². The molecule has 1 amide bonds. The van der Waals surface area contributed by atoms with Gasteiger partial charge in [0.1, 0.15) is 0 Å². The van der Waals surface area contributed by atoms with Crippen molar-refractivity contribution in [1.82, 2.24) is 20.4 Å². The average Bonchev–Trinajstić information content (AvgIpc) is 3.02. The van der Waals surface area contributed by atoms with Gasteiger partial charge in [0, 0.05) is 11.5 Å². The van der Waals surface area contributed by atoms with E-state index in [0.717, 1.165) is 11.5 Å². The van der Waals surface area contributed by atoms with E-state index in [-0.39, 0.29) is 11.6 Å². The highest BCUT2D eigenvalue weighted by Gasteiger charge is 2.28. The number of ether oxygens (including phenoxy) is 1. The Labute approximate surface area is 132 Å². The summed E-state index contributed by atoms with van der Waals surface area (Å²) in [5, 5.41) is 17.1. The summed E-state index contributed by atoms with van der Waals surface area (Å²) in [5.74, 6) is -0.883. The average molecular weight is 337 g/mol. The second-order valence-electron chi connectivity index (χ2n) is 4.75. The number of hydrogen-bond acceptors (Lipinski definition) is 5. The first-order valence-electron chi connectivity index (χ1n) is 6.69. The Hall–Kier alpha value is -3.17. The molecular weight excluding hydrogens is 327 g/mol. The number of para-hydroxylation sites is 1. The summed E-state index contributed by atoms with van der Waals surface area (Å²) in [7, 11) is 0. The number of aromatic nitrogens is 4. The van der Waals surface area contributed by atoms with Gasteiger partial charge in [-0.15, -0.1) is 10.2 Å². The summed E-state index contributed by atoms with van der Waals surface area (Å²) in [6.45, 7) is -1.48. The molecule has 2 aromatic heterocycles. The summed E-state index contributed by atoms with van der Waals surface area (Å²) in [6, 6.07) is 7.60. The van der Waals surface area contributed by atoms with Crippen LogP contribution in [0.3, 0.4) is 0 Å². The standard InChI is InChI=1S/C14H10F3N5O2/c15-14(16,17)7-24-11-5-4-10(20-21-11)13(23)19-9-3-1-2-8-6-18-22-12(8)9/h1-6H,7H2,(H,18,22)(H,19,23). The first-order chi connectivity index (χ1) is 11.4. The van der Waals surface area contributed by atoms with Crippen LogP contribution in [0, 0.1) is 0 Å². The van der Waals surface area contributed by atoms with E-state index < -0.39 is 18.7 Å². The fourth-order valence-electron chi connectivity index (χ4n) is 1.93. The fourth-order valence-corrected chi connectivity index (χ4v) is 1.93. The number of carbonyl (C=O) groups excluding carboxylic acids is 1. The lowest BCUT2D eigenvalue weighted by atomic mass is 10.2. The van der Waals surface area contributed by atoms with Crippen LogP contribution in [0.25, 0.3) is 10.9 Å². The number of fused-ring (bicyclic) bond motifs is 1. The van der Waals surface area contributed by atoms with Crippen molar-refractivity contribution in [2.45, 2.75) is 6.18 Å². The highest BCUT2D eigenvalue weighted by atomic mass is 19.4.